The number of hydrogen-bond donors (Lipinski definition) is 0. The van der Waals surface area contributed by atoms with Gasteiger partial charge in [0.25, 0.3) is 0 Å². The van der Waals surface area contributed by atoms with Gasteiger partial charge in [0.05, 0.1) is 6.61 Å². The van der Waals surface area contributed by atoms with Crippen molar-refractivity contribution in [1.82, 2.24) is 0 Å². The number of unbranched alkanes of at least 4 members (excludes halogenated alkanes) is 6. The van der Waals surface area contributed by atoms with E-state index in [0.29, 0.717) is 18.6 Å². The molecule has 0 bridgehead atoms. The van der Waals surface area contributed by atoms with Gasteiger partial charge in [0.1, 0.15) is 6.61 Å². The van der Waals surface area contributed by atoms with Crippen molar-refractivity contribution in [1.29, 1.82) is 0 Å². The topological polar surface area (TPSA) is 52.6 Å². The van der Waals surface area contributed by atoms with Crippen LogP contribution in [0.15, 0.2) is 18.2 Å². The summed E-state index contributed by atoms with van der Waals surface area (Å²) in [6, 6.07) is 3.33. The molecule has 0 saturated carbocycles. The van der Waals surface area contributed by atoms with Crippen molar-refractivity contribution in [3.63, 3.8) is 0 Å². The van der Waals surface area contributed by atoms with E-state index in [1.165, 1.54) is 38.2 Å². The lowest BCUT2D eigenvalue weighted by atomic mass is 10.1. The fourth-order valence-electron chi connectivity index (χ4n) is 2.56. The summed E-state index contributed by atoms with van der Waals surface area (Å²) in [6.45, 7) is 2.48. The number of ether oxygens (including phenoxy) is 2. The highest BCUT2D eigenvalue weighted by Crippen LogP contribution is 2.11. The van der Waals surface area contributed by atoms with Crippen LogP contribution in [-0.2, 0) is 25.7 Å². The molecule has 4 nitrogen and oxygen atoms in total. The molecule has 1 rings (SSSR count). The summed E-state index contributed by atoms with van der Waals surface area (Å²) < 4.78 is 36.0. The molecular formula is C21H30F2O4. The number of carbonyl (C=O) groups excluding carboxylic acids is 2. The minimum Gasteiger partial charge on any atom is -0.466 e. The predicted octanol–water partition coefficient (Wildman–Crippen LogP) is 5.47. The molecule has 0 unspecified atom stereocenters. The maximum atomic E-state index is 13.0. The summed E-state index contributed by atoms with van der Waals surface area (Å²) in [5.41, 5.74) is 0.372. The highest BCUT2D eigenvalue weighted by atomic mass is 19.2. The van der Waals surface area contributed by atoms with Gasteiger partial charge in [-0.15, -0.1) is 0 Å². The van der Waals surface area contributed by atoms with E-state index >= 15 is 0 Å². The summed E-state index contributed by atoms with van der Waals surface area (Å²) in [6.07, 6.45) is 8.69. The summed E-state index contributed by atoms with van der Waals surface area (Å²) in [5, 5.41) is 0. The second-order valence-corrected chi connectivity index (χ2v) is 6.60. The number of carbonyl (C=O) groups is 2. The van der Waals surface area contributed by atoms with Crippen LogP contribution in [0.2, 0.25) is 0 Å². The Morgan fingerprint density at radius 1 is 0.815 bits per heavy atom. The van der Waals surface area contributed by atoms with Gasteiger partial charge in [-0.05, 0) is 30.5 Å². The number of hydrogen-bond acceptors (Lipinski definition) is 4. The molecule has 0 N–H and O–H groups in total. The van der Waals surface area contributed by atoms with Gasteiger partial charge in [0, 0.05) is 12.8 Å². The van der Waals surface area contributed by atoms with Crippen LogP contribution in [0, 0.1) is 11.6 Å². The monoisotopic (exact) mass is 384 g/mol. The minimum atomic E-state index is -0.979. The average Bonchev–Trinajstić information content (AvgIpc) is 2.65. The maximum absolute atomic E-state index is 13.0. The molecule has 152 valence electrons. The molecule has 0 aliphatic rings. The van der Waals surface area contributed by atoms with Gasteiger partial charge in [0.15, 0.2) is 11.6 Å². The Balaban J connectivity index is 2.01. The van der Waals surface area contributed by atoms with Gasteiger partial charge in [-0.1, -0.05) is 51.5 Å². The zero-order valence-corrected chi connectivity index (χ0v) is 16.1. The van der Waals surface area contributed by atoms with Crippen LogP contribution in [0.4, 0.5) is 8.78 Å². The largest absolute Gasteiger partial charge is 0.466 e. The lowest BCUT2D eigenvalue weighted by Gasteiger charge is -2.06. The lowest BCUT2D eigenvalue weighted by Crippen LogP contribution is -2.09. The zero-order valence-electron chi connectivity index (χ0n) is 16.1. The first-order chi connectivity index (χ1) is 13.0. The van der Waals surface area contributed by atoms with Gasteiger partial charge < -0.3 is 9.47 Å². The van der Waals surface area contributed by atoms with Crippen LogP contribution >= 0.6 is 0 Å². The molecule has 0 saturated heterocycles. The highest BCUT2D eigenvalue weighted by Gasteiger charge is 2.09. The Hall–Kier alpha value is -1.98. The van der Waals surface area contributed by atoms with E-state index in [1.807, 2.05) is 0 Å². The first-order valence-electron chi connectivity index (χ1n) is 9.78. The van der Waals surface area contributed by atoms with Crippen molar-refractivity contribution >= 4 is 11.9 Å². The molecule has 0 spiro atoms. The van der Waals surface area contributed by atoms with Crippen LogP contribution in [0.25, 0.3) is 0 Å². The Kier molecular flexibility index (Phi) is 12.1. The molecular weight excluding hydrogens is 354 g/mol. The van der Waals surface area contributed by atoms with Gasteiger partial charge in [0.2, 0.25) is 0 Å². The van der Waals surface area contributed by atoms with Crippen molar-refractivity contribution in [2.45, 2.75) is 77.7 Å². The summed E-state index contributed by atoms with van der Waals surface area (Å²) in [5.74, 6) is -2.72. The van der Waals surface area contributed by atoms with Crippen LogP contribution in [0.3, 0.4) is 0 Å². The van der Waals surface area contributed by atoms with Crippen molar-refractivity contribution in [2.75, 3.05) is 6.61 Å². The van der Waals surface area contributed by atoms with Crippen LogP contribution in [0.5, 0.6) is 0 Å². The molecule has 0 radical (unpaired) electrons. The van der Waals surface area contributed by atoms with Gasteiger partial charge >= 0.3 is 11.9 Å². The Morgan fingerprint density at radius 3 is 2.11 bits per heavy atom. The van der Waals surface area contributed by atoms with E-state index in [1.54, 1.807) is 0 Å². The number of rotatable bonds is 14. The first kappa shape index (κ1) is 23.1. The van der Waals surface area contributed by atoms with Crippen molar-refractivity contribution in [3.05, 3.63) is 35.4 Å². The van der Waals surface area contributed by atoms with Crippen LogP contribution in [-0.4, -0.2) is 18.5 Å². The van der Waals surface area contributed by atoms with Crippen molar-refractivity contribution in [3.8, 4) is 0 Å². The SMILES string of the molecule is CCCCCCCCCOC(=O)CCCC(=O)OCc1ccc(F)c(F)c1. The van der Waals surface area contributed by atoms with Crippen molar-refractivity contribution in [2.24, 2.45) is 0 Å². The molecule has 0 heterocycles. The van der Waals surface area contributed by atoms with Crippen LogP contribution in [0.1, 0.15) is 76.7 Å². The fraction of sp³-hybridized carbons (Fsp3) is 0.619. The predicted molar refractivity (Wildman–Crippen MR) is 99.0 cm³/mol. The first-order valence-corrected chi connectivity index (χ1v) is 9.78. The van der Waals surface area contributed by atoms with E-state index < -0.39 is 17.6 Å². The van der Waals surface area contributed by atoms with E-state index in [4.69, 9.17) is 9.47 Å². The lowest BCUT2D eigenvalue weighted by molar-refractivity contribution is -0.146. The Bertz CT molecular complexity index is 575. The summed E-state index contributed by atoms with van der Waals surface area (Å²) >= 11 is 0. The smallest absolute Gasteiger partial charge is 0.306 e. The molecule has 0 aromatic heterocycles. The molecule has 0 atom stereocenters. The second-order valence-electron chi connectivity index (χ2n) is 6.60. The Morgan fingerprint density at radius 2 is 1.44 bits per heavy atom. The molecule has 27 heavy (non-hydrogen) atoms. The maximum Gasteiger partial charge on any atom is 0.306 e. The normalized spacial score (nSPS) is 10.6. The average molecular weight is 384 g/mol. The number of halogens is 2. The highest BCUT2D eigenvalue weighted by molar-refractivity contribution is 5.72. The number of esters is 2. The summed E-state index contributed by atoms with van der Waals surface area (Å²) in [7, 11) is 0. The van der Waals surface area contributed by atoms with Gasteiger partial charge in [-0.3, -0.25) is 9.59 Å². The molecule has 0 aliphatic heterocycles. The van der Waals surface area contributed by atoms with E-state index in [0.717, 1.165) is 25.0 Å². The van der Waals surface area contributed by atoms with Crippen LogP contribution < -0.4 is 0 Å². The molecule has 1 aromatic rings. The zero-order chi connectivity index (χ0) is 19.9. The third kappa shape index (κ3) is 11.4. The molecule has 0 fully saturated rings. The molecule has 6 heteroatoms. The standard InChI is InChI=1S/C21H30F2O4/c1-2-3-4-5-6-7-8-14-26-20(24)10-9-11-21(25)27-16-17-12-13-18(22)19(23)15-17/h12-13,15H,2-11,14,16H2,1H3. The molecule has 1 aromatic carbocycles. The third-order valence-corrected chi connectivity index (χ3v) is 4.16. The quantitative estimate of drug-likeness (QED) is 0.315. The Labute approximate surface area is 160 Å². The number of benzene rings is 1. The fourth-order valence-corrected chi connectivity index (χ4v) is 2.56. The third-order valence-electron chi connectivity index (χ3n) is 4.16. The second kappa shape index (κ2) is 14.1. The molecule has 0 amide bonds. The van der Waals surface area contributed by atoms with E-state index in [9.17, 15) is 18.4 Å². The van der Waals surface area contributed by atoms with Gasteiger partial charge in [-0.25, -0.2) is 8.78 Å². The van der Waals surface area contributed by atoms with E-state index in [2.05, 4.69) is 6.92 Å². The van der Waals surface area contributed by atoms with E-state index in [-0.39, 0.29) is 25.4 Å². The van der Waals surface area contributed by atoms with Gasteiger partial charge in [-0.2, -0.15) is 0 Å². The summed E-state index contributed by atoms with van der Waals surface area (Å²) in [4.78, 5) is 23.2. The van der Waals surface area contributed by atoms with Crippen molar-refractivity contribution < 1.29 is 27.8 Å². The minimum absolute atomic E-state index is 0.0796. The molecule has 0 aliphatic carbocycles.